The zero-order valence-electron chi connectivity index (χ0n) is 12.3. The van der Waals surface area contributed by atoms with Crippen LogP contribution >= 0.6 is 0 Å². The molecule has 1 aliphatic heterocycles. The molecule has 0 fully saturated rings. The lowest BCUT2D eigenvalue weighted by molar-refractivity contribution is 0.102. The zero-order valence-corrected chi connectivity index (χ0v) is 12.3. The lowest BCUT2D eigenvalue weighted by Crippen LogP contribution is -2.32. The van der Waals surface area contributed by atoms with Crippen molar-refractivity contribution in [3.8, 4) is 11.5 Å². The van der Waals surface area contributed by atoms with E-state index in [0.29, 0.717) is 6.73 Å². The maximum Gasteiger partial charge on any atom is 0.142 e. The molecule has 0 N–H and O–H groups in total. The molecular formula is C18H19NO2. The van der Waals surface area contributed by atoms with Gasteiger partial charge >= 0.3 is 0 Å². The average molecular weight is 281 g/mol. The molecule has 3 rings (SSSR count). The molecular weight excluding hydrogens is 262 g/mol. The summed E-state index contributed by atoms with van der Waals surface area (Å²) in [4.78, 5) is 2.18. The van der Waals surface area contributed by atoms with Gasteiger partial charge in [-0.15, -0.1) is 0 Å². The topological polar surface area (TPSA) is 21.7 Å². The van der Waals surface area contributed by atoms with E-state index < -0.39 is 0 Å². The monoisotopic (exact) mass is 281 g/mol. The normalized spacial score (nSPS) is 18.3. The molecule has 0 saturated carbocycles. The van der Waals surface area contributed by atoms with E-state index in [4.69, 9.17) is 9.47 Å². The Labute approximate surface area is 125 Å². The summed E-state index contributed by atoms with van der Waals surface area (Å²) in [5.41, 5.74) is 2.36. The number of para-hydroxylation sites is 1. The van der Waals surface area contributed by atoms with Crippen LogP contribution in [0.1, 0.15) is 17.2 Å². The molecule has 2 aromatic rings. The van der Waals surface area contributed by atoms with Gasteiger partial charge in [0.2, 0.25) is 0 Å². The molecule has 0 radical (unpaired) electrons. The summed E-state index contributed by atoms with van der Waals surface area (Å²) in [6, 6.07) is 16.5. The van der Waals surface area contributed by atoms with E-state index in [1.807, 2.05) is 24.3 Å². The van der Waals surface area contributed by atoms with E-state index in [0.717, 1.165) is 17.1 Å². The Kier molecular flexibility index (Phi) is 3.93. The van der Waals surface area contributed by atoms with Crippen LogP contribution in [0.2, 0.25) is 0 Å². The smallest absolute Gasteiger partial charge is 0.142 e. The van der Waals surface area contributed by atoms with Crippen LogP contribution in [0.15, 0.2) is 54.6 Å². The first kappa shape index (κ1) is 13.7. The van der Waals surface area contributed by atoms with Crippen LogP contribution in [-0.4, -0.2) is 25.8 Å². The molecule has 3 heteroatoms. The Balaban J connectivity index is 1.84. The van der Waals surface area contributed by atoms with Crippen molar-refractivity contribution in [3.05, 3.63) is 65.7 Å². The van der Waals surface area contributed by atoms with E-state index in [1.54, 1.807) is 7.11 Å². The summed E-state index contributed by atoms with van der Waals surface area (Å²) in [6.45, 7) is 0.606. The average Bonchev–Trinajstić information content (AvgIpc) is 2.54. The fourth-order valence-electron chi connectivity index (χ4n) is 2.51. The Morgan fingerprint density at radius 1 is 1.14 bits per heavy atom. The summed E-state index contributed by atoms with van der Waals surface area (Å²) in [6.07, 6.45) is 4.35. The van der Waals surface area contributed by atoms with Crippen molar-refractivity contribution < 1.29 is 9.47 Å². The van der Waals surface area contributed by atoms with Crippen molar-refractivity contribution >= 4 is 6.08 Å². The molecule has 1 unspecified atom stereocenters. The molecule has 0 aromatic heterocycles. The van der Waals surface area contributed by atoms with Gasteiger partial charge in [0, 0.05) is 5.56 Å². The number of hydrogen-bond acceptors (Lipinski definition) is 3. The SMILES string of the molecule is COc1ccc(/C=C/C2c3ccccc3OCN2C)cc1. The number of rotatable bonds is 3. The van der Waals surface area contributed by atoms with Crippen LogP contribution in [0.5, 0.6) is 11.5 Å². The van der Waals surface area contributed by atoms with Crippen molar-refractivity contribution in [2.45, 2.75) is 6.04 Å². The van der Waals surface area contributed by atoms with E-state index in [9.17, 15) is 0 Å². The van der Waals surface area contributed by atoms with Crippen LogP contribution in [0, 0.1) is 0 Å². The number of benzene rings is 2. The van der Waals surface area contributed by atoms with Crippen molar-refractivity contribution in [3.63, 3.8) is 0 Å². The minimum absolute atomic E-state index is 0.233. The number of ether oxygens (including phenoxy) is 2. The predicted octanol–water partition coefficient (Wildman–Crippen LogP) is 3.73. The fraction of sp³-hybridized carbons (Fsp3) is 0.222. The third-order valence-corrected chi connectivity index (χ3v) is 3.72. The number of methoxy groups -OCH3 is 1. The quantitative estimate of drug-likeness (QED) is 0.855. The van der Waals surface area contributed by atoms with E-state index >= 15 is 0 Å². The minimum atomic E-state index is 0.233. The number of nitrogens with zero attached hydrogens (tertiary/aromatic N) is 1. The highest BCUT2D eigenvalue weighted by Gasteiger charge is 2.22. The maximum atomic E-state index is 5.72. The van der Waals surface area contributed by atoms with Crippen LogP contribution < -0.4 is 9.47 Å². The summed E-state index contributed by atoms with van der Waals surface area (Å²) < 4.78 is 10.9. The number of likely N-dealkylation sites (N-methyl/N-ethyl adjacent to an activating group) is 1. The predicted molar refractivity (Wildman–Crippen MR) is 84.5 cm³/mol. The standard InChI is InChI=1S/C18H19NO2/c1-19-13-21-18-6-4-3-5-16(18)17(19)12-9-14-7-10-15(20-2)11-8-14/h3-12,17H,13H2,1-2H3/b12-9+. The second kappa shape index (κ2) is 6.02. The maximum absolute atomic E-state index is 5.72. The molecule has 1 atom stereocenters. The van der Waals surface area contributed by atoms with Gasteiger partial charge in [0.1, 0.15) is 18.2 Å². The Morgan fingerprint density at radius 3 is 2.67 bits per heavy atom. The molecule has 0 saturated heterocycles. The van der Waals surface area contributed by atoms with Gasteiger partial charge in [0.25, 0.3) is 0 Å². The first-order valence-electron chi connectivity index (χ1n) is 7.02. The van der Waals surface area contributed by atoms with Gasteiger partial charge in [-0.25, -0.2) is 0 Å². The van der Waals surface area contributed by atoms with Crippen LogP contribution in [0.4, 0.5) is 0 Å². The van der Waals surface area contributed by atoms with Gasteiger partial charge in [0.15, 0.2) is 0 Å². The Bertz CT molecular complexity index is 634. The first-order valence-corrected chi connectivity index (χ1v) is 7.02. The van der Waals surface area contributed by atoms with Crippen molar-refractivity contribution in [2.75, 3.05) is 20.9 Å². The van der Waals surface area contributed by atoms with Gasteiger partial charge in [-0.3, -0.25) is 4.90 Å². The van der Waals surface area contributed by atoms with Gasteiger partial charge < -0.3 is 9.47 Å². The molecule has 0 bridgehead atoms. The lowest BCUT2D eigenvalue weighted by Gasteiger charge is -2.32. The molecule has 0 amide bonds. The van der Waals surface area contributed by atoms with E-state index in [2.05, 4.69) is 48.4 Å². The van der Waals surface area contributed by atoms with E-state index in [1.165, 1.54) is 5.56 Å². The lowest BCUT2D eigenvalue weighted by atomic mass is 10.0. The molecule has 1 aliphatic rings. The third-order valence-electron chi connectivity index (χ3n) is 3.72. The third kappa shape index (κ3) is 2.93. The molecule has 0 aliphatic carbocycles. The van der Waals surface area contributed by atoms with Crippen LogP contribution in [-0.2, 0) is 0 Å². The Hall–Kier alpha value is -2.26. The van der Waals surface area contributed by atoms with E-state index in [-0.39, 0.29) is 6.04 Å². The molecule has 1 heterocycles. The molecule has 108 valence electrons. The fourth-order valence-corrected chi connectivity index (χ4v) is 2.51. The van der Waals surface area contributed by atoms with Crippen molar-refractivity contribution in [1.29, 1.82) is 0 Å². The molecule has 2 aromatic carbocycles. The number of hydrogen-bond donors (Lipinski definition) is 0. The van der Waals surface area contributed by atoms with Gasteiger partial charge in [0.05, 0.1) is 13.2 Å². The van der Waals surface area contributed by atoms with Gasteiger partial charge in [-0.2, -0.15) is 0 Å². The summed E-state index contributed by atoms with van der Waals surface area (Å²) in [7, 11) is 3.75. The highest BCUT2D eigenvalue weighted by atomic mass is 16.5. The summed E-state index contributed by atoms with van der Waals surface area (Å²) in [5.74, 6) is 1.85. The largest absolute Gasteiger partial charge is 0.497 e. The summed E-state index contributed by atoms with van der Waals surface area (Å²) in [5, 5.41) is 0. The molecule has 3 nitrogen and oxygen atoms in total. The zero-order chi connectivity index (χ0) is 14.7. The highest BCUT2D eigenvalue weighted by Crippen LogP contribution is 2.34. The number of fused-ring (bicyclic) bond motifs is 1. The first-order chi connectivity index (χ1) is 10.3. The van der Waals surface area contributed by atoms with Crippen molar-refractivity contribution in [1.82, 2.24) is 4.90 Å². The highest BCUT2D eigenvalue weighted by molar-refractivity contribution is 5.53. The Morgan fingerprint density at radius 2 is 1.90 bits per heavy atom. The summed E-state index contributed by atoms with van der Waals surface area (Å²) >= 11 is 0. The van der Waals surface area contributed by atoms with Crippen LogP contribution in [0.25, 0.3) is 6.08 Å². The van der Waals surface area contributed by atoms with Gasteiger partial charge in [-0.1, -0.05) is 42.5 Å². The van der Waals surface area contributed by atoms with Crippen LogP contribution in [0.3, 0.4) is 0 Å². The second-order valence-corrected chi connectivity index (χ2v) is 5.15. The van der Waals surface area contributed by atoms with Crippen molar-refractivity contribution in [2.24, 2.45) is 0 Å². The molecule has 21 heavy (non-hydrogen) atoms. The van der Waals surface area contributed by atoms with Gasteiger partial charge in [-0.05, 0) is 30.8 Å². The second-order valence-electron chi connectivity index (χ2n) is 5.15. The molecule has 0 spiro atoms. The minimum Gasteiger partial charge on any atom is -0.497 e.